The van der Waals surface area contributed by atoms with Crippen molar-refractivity contribution in [1.29, 1.82) is 0 Å². The molecule has 2 aromatic rings. The summed E-state index contributed by atoms with van der Waals surface area (Å²) in [5.41, 5.74) is 1.66. The van der Waals surface area contributed by atoms with Crippen LogP contribution in [0.25, 0.3) is 0 Å². The van der Waals surface area contributed by atoms with Gasteiger partial charge >= 0.3 is 0 Å². The van der Waals surface area contributed by atoms with Gasteiger partial charge in [-0.15, -0.1) is 0 Å². The van der Waals surface area contributed by atoms with Crippen LogP contribution in [0.1, 0.15) is 10.4 Å². The molecule has 0 bridgehead atoms. The molecule has 2 N–H and O–H groups in total. The Morgan fingerprint density at radius 3 is 2.37 bits per heavy atom. The summed E-state index contributed by atoms with van der Waals surface area (Å²) in [6.45, 7) is 3.28. The molecule has 1 aliphatic heterocycles. The molecule has 0 unspecified atom stereocenters. The largest absolute Gasteiger partial charge is 0.368 e. The predicted octanol–water partition coefficient (Wildman–Crippen LogP) is 1.60. The van der Waals surface area contributed by atoms with Crippen LogP contribution in [0.3, 0.4) is 0 Å². The minimum atomic E-state index is -3.71. The molecule has 144 valence electrons. The third-order valence-corrected chi connectivity index (χ3v) is 5.79. The molecular weight excluding hydrogens is 364 g/mol. The Morgan fingerprint density at radius 1 is 1.07 bits per heavy atom. The van der Waals surface area contributed by atoms with Gasteiger partial charge in [-0.25, -0.2) is 8.42 Å². The van der Waals surface area contributed by atoms with E-state index in [0.29, 0.717) is 11.3 Å². The molecule has 1 fully saturated rings. The summed E-state index contributed by atoms with van der Waals surface area (Å²) in [6, 6.07) is 13.3. The molecule has 8 heteroatoms. The Balaban J connectivity index is 1.95. The summed E-state index contributed by atoms with van der Waals surface area (Å²) >= 11 is 0. The quantitative estimate of drug-likeness (QED) is 0.813. The van der Waals surface area contributed by atoms with Crippen LogP contribution < -0.4 is 14.9 Å². The Kier molecular flexibility index (Phi) is 5.67. The molecule has 0 radical (unpaired) electrons. The van der Waals surface area contributed by atoms with Crippen molar-refractivity contribution in [3.05, 3.63) is 54.1 Å². The molecule has 0 spiro atoms. The van der Waals surface area contributed by atoms with Gasteiger partial charge in [-0.05, 0) is 30.3 Å². The first-order chi connectivity index (χ1) is 12.9. The number of carbonyl (C=O) groups excluding carboxylic acids is 1. The van der Waals surface area contributed by atoms with E-state index in [9.17, 15) is 13.2 Å². The predicted molar refractivity (Wildman–Crippen MR) is 107 cm³/mol. The van der Waals surface area contributed by atoms with Crippen molar-refractivity contribution in [1.82, 2.24) is 10.2 Å². The van der Waals surface area contributed by atoms with E-state index in [1.54, 1.807) is 44.4 Å². The van der Waals surface area contributed by atoms with Gasteiger partial charge in [0.25, 0.3) is 15.9 Å². The number of carbonyl (C=O) groups is 1. The van der Waals surface area contributed by atoms with E-state index >= 15 is 0 Å². The van der Waals surface area contributed by atoms with Crippen LogP contribution in [0.4, 0.5) is 11.4 Å². The smallest absolute Gasteiger partial charge is 0.261 e. The van der Waals surface area contributed by atoms with E-state index < -0.39 is 10.0 Å². The molecule has 7 nitrogen and oxygen atoms in total. The van der Waals surface area contributed by atoms with Crippen LogP contribution in [0.5, 0.6) is 0 Å². The van der Waals surface area contributed by atoms with Crippen LogP contribution >= 0.6 is 0 Å². The third kappa shape index (κ3) is 4.40. The van der Waals surface area contributed by atoms with Crippen molar-refractivity contribution in [3.63, 3.8) is 0 Å². The van der Waals surface area contributed by atoms with Crippen LogP contribution in [-0.2, 0) is 10.0 Å². The molecule has 3 rings (SSSR count). The van der Waals surface area contributed by atoms with Gasteiger partial charge in [-0.2, -0.15) is 0 Å². The highest BCUT2D eigenvalue weighted by molar-refractivity contribution is 7.92. The number of hydrogen-bond acceptors (Lipinski definition) is 5. The van der Waals surface area contributed by atoms with Crippen LogP contribution in [0, 0.1) is 0 Å². The molecule has 1 aliphatic rings. The van der Waals surface area contributed by atoms with E-state index in [4.69, 9.17) is 0 Å². The van der Waals surface area contributed by atoms with Crippen molar-refractivity contribution in [2.75, 3.05) is 49.9 Å². The molecule has 0 aliphatic carbocycles. The highest BCUT2D eigenvalue weighted by Gasteiger charge is 2.21. The maximum absolute atomic E-state index is 12.7. The summed E-state index contributed by atoms with van der Waals surface area (Å²) in [4.78, 5) is 16.5. The Bertz CT molecular complexity index is 908. The lowest BCUT2D eigenvalue weighted by molar-refractivity contribution is 0.0828. The second kappa shape index (κ2) is 7.98. The van der Waals surface area contributed by atoms with E-state index in [1.165, 1.54) is 17.0 Å². The Hall–Kier alpha value is -2.58. The third-order valence-electron chi connectivity index (χ3n) is 4.40. The van der Waals surface area contributed by atoms with E-state index in [0.717, 1.165) is 31.9 Å². The highest BCUT2D eigenvalue weighted by Crippen LogP contribution is 2.27. The molecule has 1 heterocycles. The number of amides is 1. The van der Waals surface area contributed by atoms with Gasteiger partial charge in [0.05, 0.1) is 10.5 Å². The molecule has 0 atom stereocenters. The fraction of sp³-hybridized carbons (Fsp3) is 0.316. The standard InChI is InChI=1S/C19H24N4O3S/c1-22(2)19(24)17-14-15(8-9-18(17)23-12-10-20-11-13-23)21-27(25,26)16-6-4-3-5-7-16/h3-9,14,20-21H,10-13H2,1-2H3. The van der Waals surface area contributed by atoms with Gasteiger partial charge < -0.3 is 15.1 Å². The summed E-state index contributed by atoms with van der Waals surface area (Å²) in [5.74, 6) is -0.163. The zero-order valence-electron chi connectivity index (χ0n) is 15.5. The zero-order valence-corrected chi connectivity index (χ0v) is 16.3. The first-order valence-corrected chi connectivity index (χ1v) is 10.3. The number of piperazine rings is 1. The second-order valence-corrected chi connectivity index (χ2v) is 8.27. The number of sulfonamides is 1. The summed E-state index contributed by atoms with van der Waals surface area (Å²) in [6.07, 6.45) is 0. The average molecular weight is 388 g/mol. The number of rotatable bonds is 5. The van der Waals surface area contributed by atoms with Gasteiger partial charge in [0, 0.05) is 51.6 Å². The van der Waals surface area contributed by atoms with Gasteiger partial charge in [0.1, 0.15) is 0 Å². The molecular formula is C19H24N4O3S. The second-order valence-electron chi connectivity index (χ2n) is 6.59. The Morgan fingerprint density at radius 2 is 1.74 bits per heavy atom. The van der Waals surface area contributed by atoms with E-state index in [1.807, 2.05) is 6.07 Å². The van der Waals surface area contributed by atoms with Gasteiger partial charge in [0.15, 0.2) is 0 Å². The van der Waals surface area contributed by atoms with E-state index in [2.05, 4.69) is 14.9 Å². The van der Waals surface area contributed by atoms with Crippen LogP contribution in [0.2, 0.25) is 0 Å². The zero-order chi connectivity index (χ0) is 19.4. The number of hydrogen-bond donors (Lipinski definition) is 2. The summed E-state index contributed by atoms with van der Waals surface area (Å²) in [7, 11) is -0.342. The molecule has 0 aromatic heterocycles. The molecule has 2 aromatic carbocycles. The SMILES string of the molecule is CN(C)C(=O)c1cc(NS(=O)(=O)c2ccccc2)ccc1N1CCNCC1. The van der Waals surface area contributed by atoms with Crippen molar-refractivity contribution < 1.29 is 13.2 Å². The highest BCUT2D eigenvalue weighted by atomic mass is 32.2. The maximum atomic E-state index is 12.7. The minimum Gasteiger partial charge on any atom is -0.368 e. The molecule has 1 amide bonds. The normalized spacial score (nSPS) is 14.7. The molecule has 0 saturated carbocycles. The van der Waals surface area contributed by atoms with Crippen LogP contribution in [-0.4, -0.2) is 59.5 Å². The number of benzene rings is 2. The summed E-state index contributed by atoms with van der Waals surface area (Å²) < 4.78 is 27.7. The van der Waals surface area contributed by atoms with Crippen molar-refractivity contribution in [2.45, 2.75) is 4.90 Å². The topological polar surface area (TPSA) is 81.8 Å². The average Bonchev–Trinajstić information content (AvgIpc) is 2.68. The lowest BCUT2D eigenvalue weighted by Crippen LogP contribution is -2.44. The molecule has 1 saturated heterocycles. The Labute approximate surface area is 160 Å². The van der Waals surface area contributed by atoms with E-state index in [-0.39, 0.29) is 10.8 Å². The fourth-order valence-electron chi connectivity index (χ4n) is 3.01. The number of anilines is 2. The first-order valence-electron chi connectivity index (χ1n) is 8.78. The summed E-state index contributed by atoms with van der Waals surface area (Å²) in [5, 5.41) is 3.29. The maximum Gasteiger partial charge on any atom is 0.261 e. The fourth-order valence-corrected chi connectivity index (χ4v) is 4.08. The molecule has 27 heavy (non-hydrogen) atoms. The first kappa shape index (κ1) is 19.2. The lowest BCUT2D eigenvalue weighted by atomic mass is 10.1. The van der Waals surface area contributed by atoms with Crippen molar-refractivity contribution in [3.8, 4) is 0 Å². The van der Waals surface area contributed by atoms with Crippen molar-refractivity contribution >= 4 is 27.3 Å². The minimum absolute atomic E-state index is 0.163. The van der Waals surface area contributed by atoms with Crippen LogP contribution in [0.15, 0.2) is 53.4 Å². The monoisotopic (exact) mass is 388 g/mol. The van der Waals surface area contributed by atoms with Gasteiger partial charge in [-0.1, -0.05) is 18.2 Å². The lowest BCUT2D eigenvalue weighted by Gasteiger charge is -2.31. The van der Waals surface area contributed by atoms with Crippen molar-refractivity contribution in [2.24, 2.45) is 0 Å². The number of nitrogens with one attached hydrogen (secondary N) is 2. The number of nitrogens with zero attached hydrogens (tertiary/aromatic N) is 2. The van der Waals surface area contributed by atoms with Gasteiger partial charge in [-0.3, -0.25) is 9.52 Å². The van der Waals surface area contributed by atoms with Gasteiger partial charge in [0.2, 0.25) is 0 Å².